The van der Waals surface area contributed by atoms with Gasteiger partial charge in [-0.3, -0.25) is 0 Å². The summed E-state index contributed by atoms with van der Waals surface area (Å²) in [6, 6.07) is 8.06. The maximum absolute atomic E-state index is 6.12. The van der Waals surface area contributed by atoms with Crippen molar-refractivity contribution in [2.24, 2.45) is 11.6 Å². The Labute approximate surface area is 170 Å². The first-order chi connectivity index (χ1) is 14.0. The Balaban J connectivity index is 1.96. The molecule has 9 nitrogen and oxygen atoms in total. The molecule has 0 spiro atoms. The zero-order chi connectivity index (χ0) is 21.0. The van der Waals surface area contributed by atoms with Crippen molar-refractivity contribution in [1.29, 1.82) is 0 Å². The van der Waals surface area contributed by atoms with Gasteiger partial charge in [-0.25, -0.2) is 20.8 Å². The Morgan fingerprint density at radius 1 is 1.24 bits per heavy atom. The van der Waals surface area contributed by atoms with Crippen LogP contribution < -0.4 is 27.9 Å². The van der Waals surface area contributed by atoms with Gasteiger partial charge in [-0.15, -0.1) is 0 Å². The average molecular weight is 393 g/mol. The fraction of sp³-hybridized carbons (Fsp3) is 0.250. The first kappa shape index (κ1) is 20.3. The molecule has 0 aliphatic rings. The Hall–Kier alpha value is -3.43. The van der Waals surface area contributed by atoms with Crippen molar-refractivity contribution in [3.05, 3.63) is 54.1 Å². The third-order valence-electron chi connectivity index (χ3n) is 4.74. The van der Waals surface area contributed by atoms with Crippen LogP contribution >= 0.6 is 0 Å². The molecule has 3 rings (SSSR count). The number of nitrogens with two attached hydrogens (primary N) is 3. The molecular weight excluding hydrogens is 366 g/mol. The minimum absolute atomic E-state index is 0.270. The fourth-order valence-corrected chi connectivity index (χ4v) is 3.23. The van der Waals surface area contributed by atoms with Crippen LogP contribution in [0.15, 0.2) is 42.9 Å². The second-order valence-electron chi connectivity index (χ2n) is 6.70. The molecule has 9 heteroatoms. The standard InChI is InChI=1S/C20H27N9/c1-4-15(24-2)12-5-6-25-18(8-12)28-19-9-13-7-16(17(10-21)29(3)23)27-20(22)14(13)11-26-19/h5-11,15,24H,4,21,23H2,1-3H3,(H2,22,27)(H,25,26,28)/b17-10-/t15-/m1/s1. The minimum Gasteiger partial charge on any atom is -0.403 e. The van der Waals surface area contributed by atoms with Crippen LogP contribution in [0.3, 0.4) is 0 Å². The van der Waals surface area contributed by atoms with E-state index in [1.807, 2.05) is 31.3 Å². The maximum Gasteiger partial charge on any atom is 0.133 e. The highest BCUT2D eigenvalue weighted by molar-refractivity contribution is 5.93. The summed E-state index contributed by atoms with van der Waals surface area (Å²) in [5.41, 5.74) is 14.1. The van der Waals surface area contributed by atoms with Crippen molar-refractivity contribution in [3.63, 3.8) is 0 Å². The largest absolute Gasteiger partial charge is 0.403 e. The lowest BCUT2D eigenvalue weighted by Gasteiger charge is -2.17. The average Bonchev–Trinajstić information content (AvgIpc) is 2.69. The van der Waals surface area contributed by atoms with Crippen LogP contribution in [0.5, 0.6) is 0 Å². The second-order valence-corrected chi connectivity index (χ2v) is 6.70. The number of nitrogens with one attached hydrogen (secondary N) is 2. The highest BCUT2D eigenvalue weighted by atomic mass is 15.4. The van der Waals surface area contributed by atoms with E-state index in [-0.39, 0.29) is 6.04 Å². The molecule has 0 fully saturated rings. The minimum atomic E-state index is 0.270. The van der Waals surface area contributed by atoms with Gasteiger partial charge in [0.25, 0.3) is 0 Å². The third kappa shape index (κ3) is 4.36. The van der Waals surface area contributed by atoms with Crippen LogP contribution in [0.2, 0.25) is 0 Å². The van der Waals surface area contributed by atoms with Gasteiger partial charge in [0.15, 0.2) is 0 Å². The monoisotopic (exact) mass is 393 g/mol. The van der Waals surface area contributed by atoms with Crippen LogP contribution in [-0.4, -0.2) is 34.1 Å². The van der Waals surface area contributed by atoms with Gasteiger partial charge in [-0.05, 0) is 48.7 Å². The molecule has 3 aromatic rings. The molecule has 0 unspecified atom stereocenters. The van der Waals surface area contributed by atoms with Crippen molar-refractivity contribution < 1.29 is 0 Å². The van der Waals surface area contributed by atoms with Crippen molar-refractivity contribution in [2.45, 2.75) is 19.4 Å². The Morgan fingerprint density at radius 3 is 2.66 bits per heavy atom. The van der Waals surface area contributed by atoms with Crippen LogP contribution in [0.4, 0.5) is 17.5 Å². The van der Waals surface area contributed by atoms with Gasteiger partial charge in [-0.1, -0.05) is 6.92 Å². The van der Waals surface area contributed by atoms with E-state index in [9.17, 15) is 0 Å². The summed E-state index contributed by atoms with van der Waals surface area (Å²) in [6.07, 6.45) is 5.85. The van der Waals surface area contributed by atoms with E-state index in [1.54, 1.807) is 19.4 Å². The number of rotatable bonds is 7. The van der Waals surface area contributed by atoms with Crippen LogP contribution in [0.1, 0.15) is 30.6 Å². The van der Waals surface area contributed by atoms with Crippen molar-refractivity contribution in [1.82, 2.24) is 25.3 Å². The van der Waals surface area contributed by atoms with Crippen LogP contribution in [-0.2, 0) is 0 Å². The van der Waals surface area contributed by atoms with E-state index >= 15 is 0 Å². The summed E-state index contributed by atoms with van der Waals surface area (Å²) < 4.78 is 0. The summed E-state index contributed by atoms with van der Waals surface area (Å²) in [7, 11) is 3.64. The number of fused-ring (bicyclic) bond motifs is 1. The molecule has 0 aromatic carbocycles. The normalized spacial score (nSPS) is 12.8. The Kier molecular flexibility index (Phi) is 6.10. The first-order valence-corrected chi connectivity index (χ1v) is 9.34. The second kappa shape index (κ2) is 8.72. The fourth-order valence-electron chi connectivity index (χ4n) is 3.23. The summed E-state index contributed by atoms with van der Waals surface area (Å²) in [6.45, 7) is 2.14. The summed E-state index contributed by atoms with van der Waals surface area (Å²) in [4.78, 5) is 13.2. The predicted molar refractivity (Wildman–Crippen MR) is 118 cm³/mol. The molecule has 0 saturated heterocycles. The third-order valence-corrected chi connectivity index (χ3v) is 4.74. The molecule has 0 amide bonds. The SMILES string of the molecule is CC[C@@H](NC)c1ccnc(Nc2cc3cc(/C(=C/N)N(C)N)nc(N)c3cn2)c1. The molecule has 0 aliphatic carbocycles. The highest BCUT2D eigenvalue weighted by Gasteiger charge is 2.12. The van der Waals surface area contributed by atoms with E-state index in [0.29, 0.717) is 23.0 Å². The van der Waals surface area contributed by atoms with Gasteiger partial charge >= 0.3 is 0 Å². The van der Waals surface area contributed by atoms with E-state index in [1.165, 1.54) is 11.2 Å². The predicted octanol–water partition coefficient (Wildman–Crippen LogP) is 2.08. The van der Waals surface area contributed by atoms with Crippen molar-refractivity contribution in [3.8, 4) is 0 Å². The van der Waals surface area contributed by atoms with Crippen molar-refractivity contribution >= 4 is 33.9 Å². The number of aromatic nitrogens is 3. The number of hydrazine groups is 1. The molecule has 3 aromatic heterocycles. The number of pyridine rings is 3. The summed E-state index contributed by atoms with van der Waals surface area (Å²) in [5.74, 6) is 7.56. The Bertz CT molecular complexity index is 1030. The molecule has 0 radical (unpaired) electrons. The maximum atomic E-state index is 6.12. The van der Waals surface area contributed by atoms with Crippen LogP contribution in [0, 0.1) is 0 Å². The molecular formula is C20H27N9. The van der Waals surface area contributed by atoms with E-state index in [0.717, 1.165) is 28.6 Å². The molecule has 0 aliphatic heterocycles. The number of anilines is 3. The smallest absolute Gasteiger partial charge is 0.133 e. The Morgan fingerprint density at radius 2 is 2.00 bits per heavy atom. The first-order valence-electron chi connectivity index (χ1n) is 9.34. The molecule has 8 N–H and O–H groups in total. The van der Waals surface area contributed by atoms with Gasteiger partial charge in [-0.2, -0.15) is 0 Å². The quantitative estimate of drug-likeness (QED) is 0.301. The molecule has 152 valence electrons. The summed E-state index contributed by atoms with van der Waals surface area (Å²) >= 11 is 0. The van der Waals surface area contributed by atoms with Gasteiger partial charge in [0, 0.05) is 37.1 Å². The van der Waals surface area contributed by atoms with Crippen LogP contribution in [0.25, 0.3) is 16.5 Å². The number of nitrogens with zero attached hydrogens (tertiary/aromatic N) is 4. The molecule has 1 atom stereocenters. The number of hydrogen-bond donors (Lipinski definition) is 5. The molecule has 29 heavy (non-hydrogen) atoms. The van der Waals surface area contributed by atoms with E-state index < -0.39 is 0 Å². The molecule has 3 heterocycles. The lowest BCUT2D eigenvalue weighted by Crippen LogP contribution is -2.25. The van der Waals surface area contributed by atoms with Gasteiger partial charge < -0.3 is 27.1 Å². The highest BCUT2D eigenvalue weighted by Crippen LogP contribution is 2.27. The zero-order valence-corrected chi connectivity index (χ0v) is 16.8. The topological polar surface area (TPSA) is 144 Å². The van der Waals surface area contributed by atoms with Gasteiger partial charge in [0.05, 0.1) is 11.4 Å². The van der Waals surface area contributed by atoms with Gasteiger partial charge in [0.2, 0.25) is 0 Å². The summed E-state index contributed by atoms with van der Waals surface area (Å²) in [5, 5.41) is 9.57. The number of hydrogen-bond acceptors (Lipinski definition) is 9. The molecule has 0 bridgehead atoms. The lowest BCUT2D eigenvalue weighted by molar-refractivity contribution is 0.508. The van der Waals surface area contributed by atoms with E-state index in [2.05, 4.69) is 32.5 Å². The van der Waals surface area contributed by atoms with Gasteiger partial charge in [0.1, 0.15) is 17.5 Å². The lowest BCUT2D eigenvalue weighted by atomic mass is 10.1. The van der Waals surface area contributed by atoms with Crippen molar-refractivity contribution in [2.75, 3.05) is 25.1 Å². The zero-order valence-electron chi connectivity index (χ0n) is 16.8. The molecule has 0 saturated carbocycles. The number of nitrogen functional groups attached to an aromatic ring is 1. The van der Waals surface area contributed by atoms with E-state index in [4.69, 9.17) is 17.3 Å².